The van der Waals surface area contributed by atoms with Crippen LogP contribution in [0.15, 0.2) is 18.6 Å². The Hall–Kier alpha value is -2.44. The summed E-state index contributed by atoms with van der Waals surface area (Å²) >= 11 is 0. The van der Waals surface area contributed by atoms with Gasteiger partial charge in [-0.05, 0) is 32.8 Å². The molecule has 0 spiro atoms. The van der Waals surface area contributed by atoms with Crippen LogP contribution in [0.5, 0.6) is 0 Å². The lowest BCUT2D eigenvalue weighted by Crippen LogP contribution is -2.48. The van der Waals surface area contributed by atoms with E-state index in [-0.39, 0.29) is 11.9 Å². The zero-order valence-corrected chi connectivity index (χ0v) is 13.8. The van der Waals surface area contributed by atoms with Crippen molar-refractivity contribution in [1.29, 1.82) is 0 Å². The van der Waals surface area contributed by atoms with E-state index in [1.807, 2.05) is 27.0 Å². The van der Waals surface area contributed by atoms with E-state index in [0.29, 0.717) is 5.69 Å². The molecule has 7 heteroatoms. The normalized spacial score (nSPS) is 18.0. The topological polar surface area (TPSA) is 75.9 Å². The highest BCUT2D eigenvalue weighted by molar-refractivity contribution is 5.92. The molecule has 1 aliphatic heterocycles. The minimum Gasteiger partial charge on any atom is -0.346 e. The number of aromatic nitrogens is 4. The fourth-order valence-electron chi connectivity index (χ4n) is 2.91. The maximum Gasteiger partial charge on any atom is 0.271 e. The van der Waals surface area contributed by atoms with Crippen molar-refractivity contribution >= 4 is 11.9 Å². The molecule has 23 heavy (non-hydrogen) atoms. The van der Waals surface area contributed by atoms with Gasteiger partial charge in [0.1, 0.15) is 5.69 Å². The van der Waals surface area contributed by atoms with Gasteiger partial charge in [-0.15, -0.1) is 0 Å². The van der Waals surface area contributed by atoms with Crippen LogP contribution >= 0.6 is 0 Å². The summed E-state index contributed by atoms with van der Waals surface area (Å²) in [6, 6.07) is 2.05. The number of carbonyl (C=O) groups is 1. The number of aryl methyl sites for hydroxylation is 3. The standard InChI is InChI=1S/C16H22N6O/c1-11-7-12(2)19-16(18-11)22-6-4-5-13(8-22)20-15(23)14-9-21(3)10-17-14/h7,9-10,13H,4-6,8H2,1-3H3,(H,20,23). The minimum absolute atomic E-state index is 0.0858. The van der Waals surface area contributed by atoms with Crippen LogP contribution in [-0.2, 0) is 7.05 Å². The largest absolute Gasteiger partial charge is 0.346 e. The summed E-state index contributed by atoms with van der Waals surface area (Å²) in [5, 5.41) is 3.07. The van der Waals surface area contributed by atoms with Gasteiger partial charge in [0, 0.05) is 43.8 Å². The van der Waals surface area contributed by atoms with Gasteiger partial charge in [0.15, 0.2) is 0 Å². The van der Waals surface area contributed by atoms with Crippen LogP contribution in [0, 0.1) is 13.8 Å². The number of anilines is 1. The molecule has 1 N–H and O–H groups in total. The van der Waals surface area contributed by atoms with Crippen molar-refractivity contribution in [3.05, 3.63) is 35.7 Å². The minimum atomic E-state index is -0.126. The molecule has 0 bridgehead atoms. The Morgan fingerprint density at radius 1 is 1.30 bits per heavy atom. The smallest absolute Gasteiger partial charge is 0.271 e. The molecule has 1 saturated heterocycles. The number of amides is 1. The molecule has 0 aromatic carbocycles. The third-order valence-corrected chi connectivity index (χ3v) is 3.95. The Bertz CT molecular complexity index is 690. The summed E-state index contributed by atoms with van der Waals surface area (Å²) < 4.78 is 1.77. The zero-order valence-electron chi connectivity index (χ0n) is 13.8. The summed E-state index contributed by atoms with van der Waals surface area (Å²) in [5.74, 6) is 0.623. The lowest BCUT2D eigenvalue weighted by molar-refractivity contribution is 0.0928. The summed E-state index contributed by atoms with van der Waals surface area (Å²) in [4.78, 5) is 27.5. The third kappa shape index (κ3) is 3.67. The molecule has 2 aromatic heterocycles. The quantitative estimate of drug-likeness (QED) is 0.922. The van der Waals surface area contributed by atoms with E-state index < -0.39 is 0 Å². The molecule has 1 unspecified atom stereocenters. The molecule has 1 fully saturated rings. The highest BCUT2D eigenvalue weighted by atomic mass is 16.2. The van der Waals surface area contributed by atoms with Crippen molar-refractivity contribution in [1.82, 2.24) is 24.8 Å². The van der Waals surface area contributed by atoms with Gasteiger partial charge in [-0.1, -0.05) is 0 Å². The molecular weight excluding hydrogens is 292 g/mol. The van der Waals surface area contributed by atoms with Crippen molar-refractivity contribution < 1.29 is 4.79 Å². The Morgan fingerprint density at radius 3 is 2.70 bits per heavy atom. The monoisotopic (exact) mass is 314 g/mol. The van der Waals surface area contributed by atoms with Crippen LogP contribution in [0.25, 0.3) is 0 Å². The number of nitrogens with one attached hydrogen (secondary N) is 1. The molecule has 0 saturated carbocycles. The zero-order chi connectivity index (χ0) is 16.4. The van der Waals surface area contributed by atoms with E-state index in [4.69, 9.17) is 0 Å². The van der Waals surface area contributed by atoms with E-state index in [2.05, 4.69) is 25.2 Å². The Balaban J connectivity index is 1.67. The number of rotatable bonds is 3. The molecule has 2 aromatic rings. The third-order valence-electron chi connectivity index (χ3n) is 3.95. The number of carbonyl (C=O) groups excluding carboxylic acids is 1. The van der Waals surface area contributed by atoms with Gasteiger partial charge in [0.05, 0.1) is 6.33 Å². The lowest BCUT2D eigenvalue weighted by atomic mass is 10.1. The Labute approximate surface area is 135 Å². The fraction of sp³-hybridized carbons (Fsp3) is 0.500. The van der Waals surface area contributed by atoms with Gasteiger partial charge in [0.25, 0.3) is 5.91 Å². The van der Waals surface area contributed by atoms with Gasteiger partial charge in [0.2, 0.25) is 5.95 Å². The van der Waals surface area contributed by atoms with Crippen LogP contribution in [0.3, 0.4) is 0 Å². The van der Waals surface area contributed by atoms with Crippen LogP contribution in [-0.4, -0.2) is 44.6 Å². The average Bonchev–Trinajstić information content (AvgIpc) is 2.93. The molecule has 122 valence electrons. The molecule has 7 nitrogen and oxygen atoms in total. The Morgan fingerprint density at radius 2 is 2.04 bits per heavy atom. The molecule has 0 aliphatic carbocycles. The van der Waals surface area contributed by atoms with Crippen molar-refractivity contribution in [2.45, 2.75) is 32.7 Å². The molecule has 1 amide bonds. The summed E-state index contributed by atoms with van der Waals surface area (Å²) in [6.45, 7) is 5.59. The predicted molar refractivity (Wildman–Crippen MR) is 87.4 cm³/mol. The van der Waals surface area contributed by atoms with Crippen molar-refractivity contribution in [2.24, 2.45) is 7.05 Å². The van der Waals surface area contributed by atoms with Crippen LogP contribution in [0.4, 0.5) is 5.95 Å². The number of hydrogen-bond donors (Lipinski definition) is 1. The predicted octanol–water partition coefficient (Wildman–Crippen LogP) is 1.23. The SMILES string of the molecule is Cc1cc(C)nc(N2CCCC(NC(=O)c3cn(C)cn3)C2)n1. The number of hydrogen-bond acceptors (Lipinski definition) is 5. The first-order valence-corrected chi connectivity index (χ1v) is 7.87. The number of piperidine rings is 1. The van der Waals surface area contributed by atoms with Crippen molar-refractivity contribution in [3.63, 3.8) is 0 Å². The van der Waals surface area contributed by atoms with Gasteiger partial charge in [-0.25, -0.2) is 15.0 Å². The summed E-state index contributed by atoms with van der Waals surface area (Å²) in [5.41, 5.74) is 2.38. The van der Waals surface area contributed by atoms with Crippen molar-refractivity contribution in [2.75, 3.05) is 18.0 Å². The molecule has 1 aliphatic rings. The maximum absolute atomic E-state index is 12.2. The van der Waals surface area contributed by atoms with E-state index in [1.54, 1.807) is 17.1 Å². The molecule has 3 heterocycles. The first-order valence-electron chi connectivity index (χ1n) is 7.87. The molecule has 1 atom stereocenters. The van der Waals surface area contributed by atoms with Gasteiger partial charge < -0.3 is 14.8 Å². The van der Waals surface area contributed by atoms with E-state index in [1.165, 1.54) is 0 Å². The summed E-state index contributed by atoms with van der Waals surface area (Å²) in [7, 11) is 1.85. The summed E-state index contributed by atoms with van der Waals surface area (Å²) in [6.07, 6.45) is 5.32. The van der Waals surface area contributed by atoms with E-state index >= 15 is 0 Å². The average molecular weight is 314 g/mol. The Kier molecular flexibility index (Phi) is 4.27. The van der Waals surface area contributed by atoms with Gasteiger partial charge >= 0.3 is 0 Å². The highest BCUT2D eigenvalue weighted by Gasteiger charge is 2.24. The molecule has 3 rings (SSSR count). The van der Waals surface area contributed by atoms with Crippen LogP contribution in [0.2, 0.25) is 0 Å². The van der Waals surface area contributed by atoms with Gasteiger partial charge in [-0.3, -0.25) is 4.79 Å². The van der Waals surface area contributed by atoms with E-state index in [9.17, 15) is 4.79 Å². The molecular formula is C16H22N6O. The number of nitrogens with zero attached hydrogens (tertiary/aromatic N) is 5. The first kappa shape index (κ1) is 15.5. The second-order valence-corrected chi connectivity index (χ2v) is 6.13. The van der Waals surface area contributed by atoms with Crippen LogP contribution in [0.1, 0.15) is 34.7 Å². The maximum atomic E-state index is 12.2. The second kappa shape index (κ2) is 6.36. The fourth-order valence-corrected chi connectivity index (χ4v) is 2.91. The number of imidazole rings is 1. The van der Waals surface area contributed by atoms with E-state index in [0.717, 1.165) is 43.3 Å². The second-order valence-electron chi connectivity index (χ2n) is 6.13. The van der Waals surface area contributed by atoms with Crippen molar-refractivity contribution in [3.8, 4) is 0 Å². The lowest BCUT2D eigenvalue weighted by Gasteiger charge is -2.33. The molecule has 0 radical (unpaired) electrons. The van der Waals surface area contributed by atoms with Gasteiger partial charge in [-0.2, -0.15) is 0 Å². The highest BCUT2D eigenvalue weighted by Crippen LogP contribution is 2.17. The first-order chi connectivity index (χ1) is 11.0. The van der Waals surface area contributed by atoms with Crippen LogP contribution < -0.4 is 10.2 Å².